The third-order valence-electron chi connectivity index (χ3n) is 5.83. The van der Waals surface area contributed by atoms with Crippen LogP contribution in [0.1, 0.15) is 62.8 Å². The fourth-order valence-corrected chi connectivity index (χ4v) is 4.64. The van der Waals surface area contributed by atoms with Gasteiger partial charge in [0.25, 0.3) is 5.91 Å². The Morgan fingerprint density at radius 3 is 2.55 bits per heavy atom. The first-order valence-electron chi connectivity index (χ1n) is 11.4. The minimum Gasteiger partial charge on any atom is -0.328 e. The van der Waals surface area contributed by atoms with Crippen molar-refractivity contribution in [3.05, 3.63) is 76.5 Å². The zero-order valence-electron chi connectivity index (χ0n) is 19.8. The first kappa shape index (κ1) is 23.1. The van der Waals surface area contributed by atoms with Crippen LogP contribution in [0.4, 0.5) is 11.6 Å². The molecule has 2 heterocycles. The van der Waals surface area contributed by atoms with Crippen molar-refractivity contribution in [1.82, 2.24) is 14.8 Å². The van der Waals surface area contributed by atoms with E-state index in [1.807, 2.05) is 42.8 Å². The summed E-state index contributed by atoms with van der Waals surface area (Å²) in [7, 11) is 0. The standard InChI is InChI=1S/C26H31N5OS/c1-6-15-33-26-29-25-27-18(5)22(24(32)28-21-10-8-7-9-17(21)4)23(31(25)30-26)20-13-11-19(12-14-20)16(2)3/h7-14,16,23H,6,15H2,1-5H3,(H,28,32)(H,27,29,30). The molecular formula is C26H31N5OS. The molecule has 172 valence electrons. The van der Waals surface area contributed by atoms with Crippen LogP contribution in [-0.4, -0.2) is 26.4 Å². The quantitative estimate of drug-likeness (QED) is 0.414. The lowest BCUT2D eigenvalue weighted by atomic mass is 9.92. The van der Waals surface area contributed by atoms with Crippen molar-refractivity contribution in [2.75, 3.05) is 16.4 Å². The van der Waals surface area contributed by atoms with Gasteiger partial charge in [0.05, 0.1) is 5.57 Å². The third kappa shape index (κ3) is 4.83. The number of aromatic nitrogens is 3. The highest BCUT2D eigenvalue weighted by molar-refractivity contribution is 7.99. The van der Waals surface area contributed by atoms with E-state index < -0.39 is 0 Å². The van der Waals surface area contributed by atoms with Gasteiger partial charge in [-0.3, -0.25) is 4.79 Å². The molecule has 3 aromatic rings. The van der Waals surface area contributed by atoms with Crippen molar-refractivity contribution in [2.24, 2.45) is 0 Å². The number of thioether (sulfide) groups is 1. The van der Waals surface area contributed by atoms with Gasteiger partial charge >= 0.3 is 0 Å². The Kier molecular flexibility index (Phi) is 6.88. The fourth-order valence-electron chi connectivity index (χ4n) is 3.95. The monoisotopic (exact) mass is 461 g/mol. The lowest BCUT2D eigenvalue weighted by Crippen LogP contribution is -2.31. The van der Waals surface area contributed by atoms with Gasteiger partial charge in [-0.05, 0) is 48.9 Å². The van der Waals surface area contributed by atoms with Gasteiger partial charge in [-0.25, -0.2) is 4.68 Å². The van der Waals surface area contributed by atoms with Gasteiger partial charge < -0.3 is 10.6 Å². The zero-order chi connectivity index (χ0) is 23.5. The molecule has 0 saturated carbocycles. The van der Waals surface area contributed by atoms with Gasteiger partial charge in [0.2, 0.25) is 11.1 Å². The predicted octanol–water partition coefficient (Wildman–Crippen LogP) is 6.14. The molecule has 0 saturated heterocycles. The van der Waals surface area contributed by atoms with Gasteiger partial charge in [-0.1, -0.05) is 75.0 Å². The third-order valence-corrected chi connectivity index (χ3v) is 6.87. The molecule has 0 radical (unpaired) electrons. The van der Waals surface area contributed by atoms with Gasteiger partial charge in [-0.15, -0.1) is 5.10 Å². The normalized spacial score (nSPS) is 15.4. The average molecular weight is 462 g/mol. The molecule has 2 N–H and O–H groups in total. The van der Waals surface area contributed by atoms with Crippen molar-refractivity contribution in [3.63, 3.8) is 0 Å². The Hall–Kier alpha value is -3.06. The molecule has 6 nitrogen and oxygen atoms in total. The second-order valence-electron chi connectivity index (χ2n) is 8.67. The number of para-hydroxylation sites is 1. The number of rotatable bonds is 7. The summed E-state index contributed by atoms with van der Waals surface area (Å²) in [6, 6.07) is 15.9. The highest BCUT2D eigenvalue weighted by atomic mass is 32.2. The highest BCUT2D eigenvalue weighted by Gasteiger charge is 2.34. The van der Waals surface area contributed by atoms with Crippen LogP contribution in [0.15, 0.2) is 65.0 Å². The number of carbonyl (C=O) groups excluding carboxylic acids is 1. The number of carbonyl (C=O) groups is 1. The SMILES string of the molecule is CCCSc1nc2n(n1)C(c1ccc(C(C)C)cc1)C(C(=O)Nc1ccccc1C)=C(C)N2. The summed E-state index contributed by atoms with van der Waals surface area (Å²) in [5, 5.41) is 11.9. The lowest BCUT2D eigenvalue weighted by molar-refractivity contribution is -0.113. The van der Waals surface area contributed by atoms with E-state index in [0.29, 0.717) is 17.4 Å². The van der Waals surface area contributed by atoms with E-state index >= 15 is 0 Å². The van der Waals surface area contributed by atoms with Crippen LogP contribution in [0.3, 0.4) is 0 Å². The van der Waals surface area contributed by atoms with Gasteiger partial charge in [0, 0.05) is 17.1 Å². The van der Waals surface area contributed by atoms with E-state index in [0.717, 1.165) is 39.8 Å². The highest BCUT2D eigenvalue weighted by Crippen LogP contribution is 2.37. The maximum atomic E-state index is 13.6. The van der Waals surface area contributed by atoms with E-state index in [-0.39, 0.29) is 11.9 Å². The summed E-state index contributed by atoms with van der Waals surface area (Å²) < 4.78 is 1.85. The van der Waals surface area contributed by atoms with Crippen LogP contribution in [-0.2, 0) is 4.79 Å². The Bertz CT molecular complexity index is 1180. The molecule has 1 aromatic heterocycles. The average Bonchev–Trinajstić information content (AvgIpc) is 3.20. The summed E-state index contributed by atoms with van der Waals surface area (Å²) in [6.07, 6.45) is 1.05. The Balaban J connectivity index is 1.76. The zero-order valence-corrected chi connectivity index (χ0v) is 20.7. The Morgan fingerprint density at radius 1 is 1.15 bits per heavy atom. The van der Waals surface area contributed by atoms with Crippen LogP contribution in [0, 0.1) is 6.92 Å². The van der Waals surface area contributed by atoms with Crippen LogP contribution in [0.25, 0.3) is 0 Å². The van der Waals surface area contributed by atoms with E-state index in [9.17, 15) is 4.79 Å². The summed E-state index contributed by atoms with van der Waals surface area (Å²) in [4.78, 5) is 18.3. The van der Waals surface area contributed by atoms with Crippen molar-refractivity contribution in [2.45, 2.75) is 58.2 Å². The van der Waals surface area contributed by atoms with Crippen molar-refractivity contribution < 1.29 is 4.79 Å². The number of amides is 1. The van der Waals surface area contributed by atoms with E-state index in [4.69, 9.17) is 5.10 Å². The number of fused-ring (bicyclic) bond motifs is 1. The number of anilines is 2. The molecule has 7 heteroatoms. The van der Waals surface area contributed by atoms with Gasteiger partial charge in [-0.2, -0.15) is 4.98 Å². The van der Waals surface area contributed by atoms with Crippen LogP contribution in [0.2, 0.25) is 0 Å². The number of hydrogen-bond acceptors (Lipinski definition) is 5. The molecular weight excluding hydrogens is 430 g/mol. The molecule has 1 aliphatic rings. The first-order chi connectivity index (χ1) is 15.9. The van der Waals surface area contributed by atoms with Crippen LogP contribution < -0.4 is 10.6 Å². The second-order valence-corrected chi connectivity index (χ2v) is 9.73. The number of benzene rings is 2. The molecule has 0 bridgehead atoms. The van der Waals surface area contributed by atoms with Gasteiger partial charge in [0.15, 0.2) is 0 Å². The number of aryl methyl sites for hydroxylation is 1. The number of nitrogens with zero attached hydrogens (tertiary/aromatic N) is 3. The van der Waals surface area contributed by atoms with Crippen molar-refractivity contribution in [3.8, 4) is 0 Å². The van der Waals surface area contributed by atoms with Crippen molar-refractivity contribution in [1.29, 1.82) is 0 Å². The second kappa shape index (κ2) is 9.83. The first-order valence-corrected chi connectivity index (χ1v) is 12.4. The maximum Gasteiger partial charge on any atom is 0.255 e. The molecule has 1 aliphatic heterocycles. The Morgan fingerprint density at radius 2 is 1.88 bits per heavy atom. The number of hydrogen-bond donors (Lipinski definition) is 2. The molecule has 2 aromatic carbocycles. The molecule has 33 heavy (non-hydrogen) atoms. The summed E-state index contributed by atoms with van der Waals surface area (Å²) in [5.74, 6) is 1.91. The molecule has 1 atom stereocenters. The molecule has 0 spiro atoms. The maximum absolute atomic E-state index is 13.6. The van der Waals surface area contributed by atoms with E-state index in [2.05, 4.69) is 60.7 Å². The predicted molar refractivity (Wildman–Crippen MR) is 136 cm³/mol. The summed E-state index contributed by atoms with van der Waals surface area (Å²) >= 11 is 1.63. The molecule has 0 fully saturated rings. The van der Waals surface area contributed by atoms with Crippen LogP contribution in [0.5, 0.6) is 0 Å². The van der Waals surface area contributed by atoms with Gasteiger partial charge in [0.1, 0.15) is 6.04 Å². The smallest absolute Gasteiger partial charge is 0.255 e. The lowest BCUT2D eigenvalue weighted by Gasteiger charge is -2.29. The Labute approximate surface area is 199 Å². The molecule has 0 aliphatic carbocycles. The van der Waals surface area contributed by atoms with E-state index in [1.165, 1.54) is 5.56 Å². The molecule has 1 unspecified atom stereocenters. The summed E-state index contributed by atoms with van der Waals surface area (Å²) in [6.45, 7) is 10.4. The number of nitrogens with one attached hydrogen (secondary N) is 2. The summed E-state index contributed by atoms with van der Waals surface area (Å²) in [5.41, 5.74) is 5.52. The number of allylic oxidation sites excluding steroid dienone is 1. The fraction of sp³-hybridized carbons (Fsp3) is 0.346. The molecule has 4 rings (SSSR count). The van der Waals surface area contributed by atoms with E-state index in [1.54, 1.807) is 11.8 Å². The van der Waals surface area contributed by atoms with Crippen LogP contribution >= 0.6 is 11.8 Å². The van der Waals surface area contributed by atoms with Crippen molar-refractivity contribution >= 4 is 29.3 Å². The minimum absolute atomic E-state index is 0.142. The topological polar surface area (TPSA) is 71.8 Å². The minimum atomic E-state index is -0.366. The largest absolute Gasteiger partial charge is 0.328 e. The molecule has 1 amide bonds.